The Balaban J connectivity index is 1.65. The number of halogens is 1. The minimum absolute atomic E-state index is 0.0190. The van der Waals surface area contributed by atoms with Crippen LogP contribution in [0.4, 0.5) is 0 Å². The Morgan fingerprint density at radius 3 is 2.77 bits per heavy atom. The zero-order valence-electron chi connectivity index (χ0n) is 15.0. The number of nitrogens with zero attached hydrogens (tertiary/aromatic N) is 1. The number of amides is 1. The first kappa shape index (κ1) is 18.3. The highest BCUT2D eigenvalue weighted by molar-refractivity contribution is 6.30. The molecule has 6 heteroatoms. The van der Waals surface area contributed by atoms with Gasteiger partial charge in [0, 0.05) is 5.02 Å². The van der Waals surface area contributed by atoms with Gasteiger partial charge in [-0.05, 0) is 40.8 Å². The van der Waals surface area contributed by atoms with Crippen LogP contribution in [0, 0.1) is 0 Å². The van der Waals surface area contributed by atoms with Crippen molar-refractivity contribution in [1.82, 2.24) is 5.43 Å². The summed E-state index contributed by atoms with van der Waals surface area (Å²) in [5, 5.41) is 4.56. The van der Waals surface area contributed by atoms with E-state index in [4.69, 9.17) is 21.1 Å². The molecule has 2 aromatic carbocycles. The van der Waals surface area contributed by atoms with Crippen molar-refractivity contribution in [3.05, 3.63) is 58.6 Å². The van der Waals surface area contributed by atoms with Gasteiger partial charge in [-0.1, -0.05) is 50.6 Å². The molecule has 0 radical (unpaired) electrons. The van der Waals surface area contributed by atoms with Crippen molar-refractivity contribution >= 4 is 23.7 Å². The van der Waals surface area contributed by atoms with Gasteiger partial charge < -0.3 is 9.47 Å². The average Bonchev–Trinajstić information content (AvgIpc) is 2.60. The van der Waals surface area contributed by atoms with E-state index in [0.29, 0.717) is 16.5 Å². The van der Waals surface area contributed by atoms with Gasteiger partial charge in [-0.25, -0.2) is 5.43 Å². The summed E-state index contributed by atoms with van der Waals surface area (Å²) in [6, 6.07) is 13.0. The first-order valence-corrected chi connectivity index (χ1v) is 8.73. The first-order valence-electron chi connectivity index (χ1n) is 8.35. The molecule has 0 saturated carbocycles. The molecule has 136 valence electrons. The molecule has 2 aromatic rings. The van der Waals surface area contributed by atoms with Gasteiger partial charge in [0.25, 0.3) is 5.91 Å². The number of fused-ring (bicyclic) bond motifs is 1. The molecule has 0 unspecified atom stereocenters. The van der Waals surface area contributed by atoms with Crippen molar-refractivity contribution in [3.8, 4) is 11.5 Å². The summed E-state index contributed by atoms with van der Waals surface area (Å²) in [4.78, 5) is 12.3. The SMILES string of the molecule is CC(C)(C)c1ccc2c(c1)O[C@@H](C(=O)NN=Cc1cccc(Cl)c1)CO2. The van der Waals surface area contributed by atoms with Crippen molar-refractivity contribution in [3.63, 3.8) is 0 Å². The van der Waals surface area contributed by atoms with Gasteiger partial charge in [-0.2, -0.15) is 5.10 Å². The molecule has 0 aromatic heterocycles. The summed E-state index contributed by atoms with van der Waals surface area (Å²) in [6.07, 6.45) is 0.772. The smallest absolute Gasteiger partial charge is 0.284 e. The number of benzene rings is 2. The van der Waals surface area contributed by atoms with Crippen LogP contribution in [0.2, 0.25) is 5.02 Å². The van der Waals surface area contributed by atoms with E-state index in [-0.39, 0.29) is 17.9 Å². The van der Waals surface area contributed by atoms with Crippen LogP contribution in [0.25, 0.3) is 0 Å². The Labute approximate surface area is 158 Å². The molecule has 0 aliphatic carbocycles. The van der Waals surface area contributed by atoms with Crippen LogP contribution in [-0.4, -0.2) is 24.8 Å². The van der Waals surface area contributed by atoms with Crippen molar-refractivity contribution in [2.75, 3.05) is 6.61 Å². The molecule has 3 rings (SSSR count). The Bertz CT molecular complexity index is 843. The maximum absolute atomic E-state index is 12.3. The third-order valence-electron chi connectivity index (χ3n) is 4.00. The standard InChI is InChI=1S/C20H21ClN2O3/c1-20(2,3)14-7-8-16-17(10-14)26-18(12-25-16)19(24)23-22-11-13-5-4-6-15(21)9-13/h4-11,18H,12H2,1-3H3,(H,23,24)/t18-/m1/s1. The second-order valence-electron chi connectivity index (χ2n) is 7.12. The fourth-order valence-electron chi connectivity index (χ4n) is 2.50. The Hall–Kier alpha value is -2.53. The molecule has 1 amide bonds. The second kappa shape index (κ2) is 7.38. The van der Waals surface area contributed by atoms with E-state index in [9.17, 15) is 4.79 Å². The normalized spacial score (nSPS) is 16.5. The van der Waals surface area contributed by atoms with Crippen LogP contribution in [-0.2, 0) is 10.2 Å². The Morgan fingerprint density at radius 2 is 2.04 bits per heavy atom. The highest BCUT2D eigenvalue weighted by Gasteiger charge is 2.28. The fraction of sp³-hybridized carbons (Fsp3) is 0.300. The lowest BCUT2D eigenvalue weighted by molar-refractivity contribution is -0.130. The molecular weight excluding hydrogens is 352 g/mol. The van der Waals surface area contributed by atoms with E-state index in [1.54, 1.807) is 12.1 Å². The second-order valence-corrected chi connectivity index (χ2v) is 7.55. The Morgan fingerprint density at radius 1 is 1.23 bits per heavy atom. The maximum atomic E-state index is 12.3. The van der Waals surface area contributed by atoms with E-state index in [0.717, 1.165) is 11.1 Å². The van der Waals surface area contributed by atoms with Crippen molar-refractivity contribution in [2.24, 2.45) is 5.10 Å². The van der Waals surface area contributed by atoms with Gasteiger partial charge in [0.05, 0.1) is 6.21 Å². The summed E-state index contributed by atoms with van der Waals surface area (Å²) in [7, 11) is 0. The predicted molar refractivity (Wildman–Crippen MR) is 102 cm³/mol. The number of nitrogens with one attached hydrogen (secondary N) is 1. The molecule has 26 heavy (non-hydrogen) atoms. The van der Waals surface area contributed by atoms with Crippen LogP contribution in [0.15, 0.2) is 47.6 Å². The number of hydrazone groups is 1. The zero-order valence-corrected chi connectivity index (χ0v) is 15.7. The van der Waals surface area contributed by atoms with Gasteiger partial charge in [0.1, 0.15) is 6.61 Å². The molecule has 1 aliphatic heterocycles. The van der Waals surface area contributed by atoms with Crippen molar-refractivity contribution in [1.29, 1.82) is 0 Å². The molecule has 1 N–H and O–H groups in total. The van der Waals surface area contributed by atoms with E-state index in [1.165, 1.54) is 6.21 Å². The lowest BCUT2D eigenvalue weighted by atomic mass is 9.87. The highest BCUT2D eigenvalue weighted by atomic mass is 35.5. The topological polar surface area (TPSA) is 59.9 Å². The average molecular weight is 373 g/mol. The van der Waals surface area contributed by atoms with Crippen molar-refractivity contribution in [2.45, 2.75) is 32.3 Å². The first-order chi connectivity index (χ1) is 12.3. The van der Waals surface area contributed by atoms with Crippen molar-refractivity contribution < 1.29 is 14.3 Å². The summed E-state index contributed by atoms with van der Waals surface area (Å²) in [6.45, 7) is 6.49. The monoisotopic (exact) mass is 372 g/mol. The number of hydrogen-bond donors (Lipinski definition) is 1. The molecule has 1 aliphatic rings. The number of carbonyl (C=O) groups excluding carboxylic acids is 1. The van der Waals surface area contributed by atoms with Gasteiger partial charge in [-0.3, -0.25) is 4.79 Å². The van der Waals surface area contributed by atoms with Gasteiger partial charge >= 0.3 is 0 Å². The van der Waals surface area contributed by atoms with Crippen LogP contribution < -0.4 is 14.9 Å². The summed E-state index contributed by atoms with van der Waals surface area (Å²) in [5.41, 5.74) is 4.36. The highest BCUT2D eigenvalue weighted by Crippen LogP contribution is 2.36. The fourth-order valence-corrected chi connectivity index (χ4v) is 2.70. The maximum Gasteiger partial charge on any atom is 0.284 e. The van der Waals surface area contributed by atoms with Crippen LogP contribution in [0.1, 0.15) is 31.9 Å². The molecule has 0 spiro atoms. The number of ether oxygens (including phenoxy) is 2. The van der Waals surface area contributed by atoms with Crippen LogP contribution >= 0.6 is 11.6 Å². The summed E-state index contributed by atoms with van der Waals surface area (Å²) >= 11 is 5.92. The predicted octanol–water partition coefficient (Wildman–Crippen LogP) is 3.93. The van der Waals surface area contributed by atoms with E-state index in [2.05, 4.69) is 31.3 Å². The number of hydrogen-bond acceptors (Lipinski definition) is 4. The molecule has 0 saturated heterocycles. The molecule has 0 bridgehead atoms. The summed E-state index contributed by atoms with van der Waals surface area (Å²) in [5.74, 6) is 0.849. The summed E-state index contributed by atoms with van der Waals surface area (Å²) < 4.78 is 11.5. The lowest BCUT2D eigenvalue weighted by Crippen LogP contribution is -2.42. The molecule has 5 nitrogen and oxygen atoms in total. The Kier molecular flexibility index (Phi) is 5.18. The van der Waals surface area contributed by atoms with Crippen LogP contribution in [0.5, 0.6) is 11.5 Å². The number of carbonyl (C=O) groups is 1. The molecular formula is C20H21ClN2O3. The van der Waals surface area contributed by atoms with Gasteiger partial charge in [0.15, 0.2) is 11.5 Å². The minimum atomic E-state index is -0.755. The molecule has 1 heterocycles. The molecule has 0 fully saturated rings. The van der Waals surface area contributed by atoms with Gasteiger partial charge in [0.2, 0.25) is 6.10 Å². The largest absolute Gasteiger partial charge is 0.485 e. The van der Waals surface area contributed by atoms with Crippen LogP contribution in [0.3, 0.4) is 0 Å². The third-order valence-corrected chi connectivity index (χ3v) is 4.23. The quantitative estimate of drug-likeness (QED) is 0.656. The molecule has 1 atom stereocenters. The lowest BCUT2D eigenvalue weighted by Gasteiger charge is -2.27. The van der Waals surface area contributed by atoms with E-state index < -0.39 is 6.10 Å². The van der Waals surface area contributed by atoms with Gasteiger partial charge in [-0.15, -0.1) is 0 Å². The minimum Gasteiger partial charge on any atom is -0.485 e. The zero-order chi connectivity index (χ0) is 18.7. The third kappa shape index (κ3) is 4.35. The van der Waals surface area contributed by atoms with E-state index >= 15 is 0 Å². The van der Waals surface area contributed by atoms with E-state index in [1.807, 2.05) is 30.3 Å². The number of rotatable bonds is 3.